The van der Waals surface area contributed by atoms with Gasteiger partial charge in [0.2, 0.25) is 5.91 Å². The summed E-state index contributed by atoms with van der Waals surface area (Å²) in [6.45, 7) is 7.81. The number of nitrogens with zero attached hydrogens (tertiary/aromatic N) is 3. The number of amides is 1. The number of carbonyl (C=O) groups is 2. The van der Waals surface area contributed by atoms with E-state index < -0.39 is 5.97 Å². The lowest BCUT2D eigenvalue weighted by molar-refractivity contribution is -0.123. The van der Waals surface area contributed by atoms with E-state index >= 15 is 0 Å². The van der Waals surface area contributed by atoms with Crippen LogP contribution in [0.2, 0.25) is 0 Å². The Bertz CT molecular complexity index is 1430. The second-order valence-electron chi connectivity index (χ2n) is 9.89. The van der Waals surface area contributed by atoms with Crippen molar-refractivity contribution in [3.05, 3.63) is 41.7 Å². The minimum Gasteiger partial charge on any atom is -0.478 e. The number of aryl methyl sites for hydroxylation is 1. The SMILES string of the molecule is Cc1noc(-c2ccc3oc4cc(C(=O)O)c(N(C(=O)C5CCC(C)CC5)C(C)C)cc4c3c2)n1. The molecule has 182 valence electrons. The fourth-order valence-electron chi connectivity index (χ4n) is 5.08. The van der Waals surface area contributed by atoms with Crippen molar-refractivity contribution in [2.45, 2.75) is 59.4 Å². The lowest BCUT2D eigenvalue weighted by Crippen LogP contribution is -2.42. The minimum absolute atomic E-state index is 0.0106. The molecule has 5 rings (SSSR count). The number of anilines is 1. The first-order valence-electron chi connectivity index (χ1n) is 12.1. The predicted molar refractivity (Wildman–Crippen MR) is 132 cm³/mol. The van der Waals surface area contributed by atoms with Crippen molar-refractivity contribution >= 4 is 39.5 Å². The summed E-state index contributed by atoms with van der Waals surface area (Å²) in [6.07, 6.45) is 3.68. The lowest BCUT2D eigenvalue weighted by Gasteiger charge is -2.34. The van der Waals surface area contributed by atoms with Gasteiger partial charge in [0.15, 0.2) is 5.82 Å². The second kappa shape index (κ2) is 8.83. The van der Waals surface area contributed by atoms with Crippen molar-refractivity contribution in [1.29, 1.82) is 0 Å². The molecule has 0 aliphatic heterocycles. The molecule has 8 nitrogen and oxygen atoms in total. The quantitative estimate of drug-likeness (QED) is 0.365. The maximum Gasteiger partial charge on any atom is 0.337 e. The highest BCUT2D eigenvalue weighted by Gasteiger charge is 2.33. The zero-order chi connectivity index (χ0) is 24.9. The molecule has 4 aromatic rings. The third kappa shape index (κ3) is 4.17. The summed E-state index contributed by atoms with van der Waals surface area (Å²) in [5.74, 6) is 0.343. The summed E-state index contributed by atoms with van der Waals surface area (Å²) < 4.78 is 11.3. The smallest absolute Gasteiger partial charge is 0.337 e. The van der Waals surface area contributed by atoms with Gasteiger partial charge in [0.05, 0.1) is 11.3 Å². The molecule has 0 bridgehead atoms. The summed E-state index contributed by atoms with van der Waals surface area (Å²) in [4.78, 5) is 31.9. The minimum atomic E-state index is -1.10. The molecule has 0 unspecified atom stereocenters. The maximum absolute atomic E-state index is 13.7. The van der Waals surface area contributed by atoms with Crippen LogP contribution in [0.5, 0.6) is 0 Å². The average Bonchev–Trinajstić information content (AvgIpc) is 3.41. The molecule has 35 heavy (non-hydrogen) atoms. The van der Waals surface area contributed by atoms with E-state index in [9.17, 15) is 14.7 Å². The molecule has 1 aliphatic rings. The number of carbonyl (C=O) groups excluding carboxylic acids is 1. The van der Waals surface area contributed by atoms with Crippen LogP contribution in [0.4, 0.5) is 5.69 Å². The number of hydrogen-bond acceptors (Lipinski definition) is 6. The third-order valence-corrected chi connectivity index (χ3v) is 6.97. The molecule has 2 aromatic carbocycles. The first-order chi connectivity index (χ1) is 16.7. The number of rotatable bonds is 5. The fraction of sp³-hybridized carbons (Fsp3) is 0.407. The van der Waals surface area contributed by atoms with E-state index in [1.54, 1.807) is 24.0 Å². The van der Waals surface area contributed by atoms with Gasteiger partial charge in [-0.15, -0.1) is 0 Å². The number of hydrogen-bond donors (Lipinski definition) is 1. The van der Waals surface area contributed by atoms with Crippen LogP contribution < -0.4 is 4.90 Å². The molecule has 1 fully saturated rings. The molecule has 0 saturated heterocycles. The molecule has 1 amide bonds. The number of benzene rings is 2. The van der Waals surface area contributed by atoms with E-state index in [4.69, 9.17) is 8.94 Å². The van der Waals surface area contributed by atoms with Gasteiger partial charge in [-0.25, -0.2) is 4.79 Å². The van der Waals surface area contributed by atoms with E-state index in [1.165, 1.54) is 6.07 Å². The zero-order valence-corrected chi connectivity index (χ0v) is 20.4. The van der Waals surface area contributed by atoms with Gasteiger partial charge in [0.1, 0.15) is 11.2 Å². The Morgan fingerprint density at radius 3 is 2.40 bits per heavy atom. The molecule has 2 aromatic heterocycles. The van der Waals surface area contributed by atoms with Crippen LogP contribution in [-0.4, -0.2) is 33.2 Å². The Morgan fingerprint density at radius 2 is 1.77 bits per heavy atom. The average molecular weight is 476 g/mol. The van der Waals surface area contributed by atoms with Gasteiger partial charge in [-0.2, -0.15) is 4.98 Å². The van der Waals surface area contributed by atoms with E-state index in [1.807, 2.05) is 26.0 Å². The summed E-state index contributed by atoms with van der Waals surface area (Å²) in [6, 6.07) is 8.62. The van der Waals surface area contributed by atoms with Gasteiger partial charge < -0.3 is 18.9 Å². The molecule has 1 saturated carbocycles. The van der Waals surface area contributed by atoms with Gasteiger partial charge in [-0.3, -0.25) is 4.79 Å². The van der Waals surface area contributed by atoms with Crippen molar-refractivity contribution in [3.63, 3.8) is 0 Å². The molecule has 0 atom stereocenters. The van der Waals surface area contributed by atoms with Gasteiger partial charge >= 0.3 is 5.97 Å². The van der Waals surface area contributed by atoms with Crippen LogP contribution in [0.1, 0.15) is 62.6 Å². The van der Waals surface area contributed by atoms with Gasteiger partial charge in [-0.1, -0.05) is 12.1 Å². The molecular formula is C27H29N3O5. The van der Waals surface area contributed by atoms with Crippen LogP contribution in [-0.2, 0) is 4.79 Å². The Labute approximate surface area is 202 Å². The first kappa shape index (κ1) is 23.1. The largest absolute Gasteiger partial charge is 0.478 e. The molecule has 2 heterocycles. The van der Waals surface area contributed by atoms with Gasteiger partial charge in [0.25, 0.3) is 5.89 Å². The van der Waals surface area contributed by atoms with Crippen molar-refractivity contribution in [2.24, 2.45) is 11.8 Å². The second-order valence-corrected chi connectivity index (χ2v) is 9.89. The van der Waals surface area contributed by atoms with Crippen LogP contribution in [0.15, 0.2) is 39.3 Å². The molecule has 1 N–H and O–H groups in total. The summed E-state index contributed by atoms with van der Waals surface area (Å²) in [5.41, 5.74) is 2.23. The summed E-state index contributed by atoms with van der Waals surface area (Å²) in [7, 11) is 0. The van der Waals surface area contributed by atoms with Crippen LogP contribution >= 0.6 is 0 Å². The van der Waals surface area contributed by atoms with Crippen LogP contribution in [0.25, 0.3) is 33.4 Å². The first-order valence-corrected chi connectivity index (χ1v) is 12.1. The molecule has 0 radical (unpaired) electrons. The Hall–Kier alpha value is -3.68. The maximum atomic E-state index is 13.7. The molecular weight excluding hydrogens is 446 g/mol. The normalized spacial score (nSPS) is 18.4. The highest BCUT2D eigenvalue weighted by Crippen LogP contribution is 2.38. The molecule has 0 spiro atoms. The van der Waals surface area contributed by atoms with E-state index in [0.717, 1.165) is 42.0 Å². The highest BCUT2D eigenvalue weighted by atomic mass is 16.5. The van der Waals surface area contributed by atoms with Gasteiger partial charge in [0, 0.05) is 28.3 Å². The van der Waals surface area contributed by atoms with Gasteiger partial charge in [-0.05, 0) is 82.7 Å². The standard InChI is InChI=1S/C27H29N3O5/c1-14(2)30(26(31)17-7-5-15(3)6-8-17)22-12-20-19-11-18(25-28-16(4)29-35-25)9-10-23(19)34-24(20)13-21(22)27(32)33/h9-15,17H,5-8H2,1-4H3,(H,32,33). The summed E-state index contributed by atoms with van der Waals surface area (Å²) in [5, 5.41) is 15.4. The van der Waals surface area contributed by atoms with Crippen molar-refractivity contribution in [1.82, 2.24) is 10.1 Å². The van der Waals surface area contributed by atoms with Crippen LogP contribution in [0.3, 0.4) is 0 Å². The summed E-state index contributed by atoms with van der Waals surface area (Å²) >= 11 is 0. The Balaban J connectivity index is 1.66. The fourth-order valence-corrected chi connectivity index (χ4v) is 5.08. The topological polar surface area (TPSA) is 110 Å². The predicted octanol–water partition coefficient (Wildman–Crippen LogP) is 6.21. The number of aromatic nitrogens is 2. The van der Waals surface area contributed by atoms with Crippen LogP contribution in [0, 0.1) is 18.8 Å². The van der Waals surface area contributed by atoms with E-state index in [2.05, 4.69) is 17.1 Å². The molecule has 1 aliphatic carbocycles. The van der Waals surface area contributed by atoms with E-state index in [-0.39, 0.29) is 23.4 Å². The van der Waals surface area contributed by atoms with Crippen molar-refractivity contribution < 1.29 is 23.6 Å². The highest BCUT2D eigenvalue weighted by molar-refractivity contribution is 6.12. The number of aromatic carboxylic acids is 1. The third-order valence-electron chi connectivity index (χ3n) is 6.97. The lowest BCUT2D eigenvalue weighted by atomic mass is 9.82. The zero-order valence-electron chi connectivity index (χ0n) is 20.4. The number of carboxylic acids is 1. The Kier molecular flexibility index (Phi) is 5.83. The molecule has 8 heteroatoms. The number of fused-ring (bicyclic) bond motifs is 3. The number of furan rings is 1. The van der Waals surface area contributed by atoms with Crippen molar-refractivity contribution in [2.75, 3.05) is 4.90 Å². The number of carboxylic acid groups (broad SMARTS) is 1. The van der Waals surface area contributed by atoms with E-state index in [0.29, 0.717) is 34.5 Å². The monoisotopic (exact) mass is 475 g/mol. The van der Waals surface area contributed by atoms with Crippen molar-refractivity contribution in [3.8, 4) is 11.5 Å². The Morgan fingerprint density at radius 1 is 1.06 bits per heavy atom.